The number of ether oxygens (including phenoxy) is 1. The normalized spacial score (nSPS) is 13.8. The SMILES string of the molecule is Cc1c(C(=O)NCc2cccc(N3CCOC3=O)c2)sc2ncn(C)c(=O)c12. The zero-order valence-corrected chi connectivity index (χ0v) is 16.2. The van der Waals surface area contributed by atoms with Crippen LogP contribution in [0.3, 0.4) is 0 Å². The first-order valence-electron chi connectivity index (χ1n) is 8.72. The number of carbonyl (C=O) groups is 2. The van der Waals surface area contributed by atoms with Crippen molar-refractivity contribution in [3.63, 3.8) is 0 Å². The summed E-state index contributed by atoms with van der Waals surface area (Å²) in [5, 5.41) is 3.36. The monoisotopic (exact) mass is 398 g/mol. The van der Waals surface area contributed by atoms with Crippen LogP contribution in [-0.2, 0) is 18.3 Å². The first-order chi connectivity index (χ1) is 13.5. The van der Waals surface area contributed by atoms with E-state index in [0.717, 1.165) is 11.3 Å². The summed E-state index contributed by atoms with van der Waals surface area (Å²) in [7, 11) is 1.63. The van der Waals surface area contributed by atoms with E-state index in [-0.39, 0.29) is 17.6 Å². The van der Waals surface area contributed by atoms with Gasteiger partial charge >= 0.3 is 6.09 Å². The molecule has 0 aliphatic carbocycles. The average molecular weight is 398 g/mol. The maximum absolute atomic E-state index is 12.7. The Morgan fingerprint density at radius 2 is 2.18 bits per heavy atom. The molecule has 0 bridgehead atoms. The highest BCUT2D eigenvalue weighted by molar-refractivity contribution is 7.20. The van der Waals surface area contributed by atoms with Crippen molar-refractivity contribution in [3.05, 3.63) is 57.0 Å². The molecule has 1 N–H and O–H groups in total. The summed E-state index contributed by atoms with van der Waals surface area (Å²) in [6, 6.07) is 7.39. The van der Waals surface area contributed by atoms with E-state index in [1.54, 1.807) is 18.9 Å². The smallest absolute Gasteiger partial charge is 0.414 e. The predicted molar refractivity (Wildman–Crippen MR) is 106 cm³/mol. The zero-order valence-electron chi connectivity index (χ0n) is 15.4. The van der Waals surface area contributed by atoms with Gasteiger partial charge in [0.05, 0.1) is 23.1 Å². The van der Waals surface area contributed by atoms with Gasteiger partial charge in [-0.1, -0.05) is 12.1 Å². The third-order valence-corrected chi connectivity index (χ3v) is 5.85. The molecular formula is C19H18N4O4S. The van der Waals surface area contributed by atoms with Crippen LogP contribution >= 0.6 is 11.3 Å². The minimum Gasteiger partial charge on any atom is -0.447 e. The van der Waals surface area contributed by atoms with E-state index < -0.39 is 0 Å². The summed E-state index contributed by atoms with van der Waals surface area (Å²) in [5.41, 5.74) is 2.07. The molecule has 0 spiro atoms. The van der Waals surface area contributed by atoms with E-state index >= 15 is 0 Å². The van der Waals surface area contributed by atoms with Crippen LogP contribution in [0.5, 0.6) is 0 Å². The van der Waals surface area contributed by atoms with Crippen molar-refractivity contribution >= 4 is 39.2 Å². The van der Waals surface area contributed by atoms with Crippen molar-refractivity contribution in [1.82, 2.24) is 14.9 Å². The third kappa shape index (κ3) is 3.13. The van der Waals surface area contributed by atoms with Gasteiger partial charge in [-0.3, -0.25) is 14.5 Å². The van der Waals surface area contributed by atoms with Crippen molar-refractivity contribution < 1.29 is 14.3 Å². The van der Waals surface area contributed by atoms with Gasteiger partial charge in [-0.15, -0.1) is 11.3 Å². The van der Waals surface area contributed by atoms with Gasteiger partial charge in [0.25, 0.3) is 11.5 Å². The van der Waals surface area contributed by atoms with Gasteiger partial charge in [0, 0.05) is 19.3 Å². The van der Waals surface area contributed by atoms with E-state index in [1.807, 2.05) is 24.3 Å². The summed E-state index contributed by atoms with van der Waals surface area (Å²) in [4.78, 5) is 43.5. The van der Waals surface area contributed by atoms with E-state index in [2.05, 4.69) is 10.3 Å². The van der Waals surface area contributed by atoms with E-state index in [1.165, 1.54) is 22.2 Å². The van der Waals surface area contributed by atoms with Crippen molar-refractivity contribution in [2.24, 2.45) is 7.05 Å². The first-order valence-corrected chi connectivity index (χ1v) is 9.53. The molecule has 1 fully saturated rings. The van der Waals surface area contributed by atoms with Crippen molar-refractivity contribution in [3.8, 4) is 0 Å². The second-order valence-corrected chi connectivity index (χ2v) is 7.51. The van der Waals surface area contributed by atoms with Gasteiger partial charge in [0.15, 0.2) is 0 Å². The fourth-order valence-corrected chi connectivity index (χ4v) is 4.21. The van der Waals surface area contributed by atoms with Gasteiger partial charge in [-0.25, -0.2) is 9.78 Å². The number of nitrogens with zero attached hydrogens (tertiary/aromatic N) is 3. The number of thiophene rings is 1. The predicted octanol–water partition coefficient (Wildman–Crippen LogP) is 2.19. The molecule has 144 valence electrons. The molecule has 2 aromatic heterocycles. The van der Waals surface area contributed by atoms with Crippen LogP contribution < -0.4 is 15.8 Å². The maximum Gasteiger partial charge on any atom is 0.414 e. The number of hydrogen-bond donors (Lipinski definition) is 1. The van der Waals surface area contributed by atoms with Crippen LogP contribution in [0.4, 0.5) is 10.5 Å². The van der Waals surface area contributed by atoms with E-state index in [0.29, 0.717) is 40.4 Å². The number of amides is 2. The Labute approximate surface area is 164 Å². The number of nitrogens with one attached hydrogen (secondary N) is 1. The number of cyclic esters (lactones) is 1. The molecule has 0 radical (unpaired) electrons. The molecule has 2 amide bonds. The van der Waals surface area contributed by atoms with Crippen LogP contribution in [0.15, 0.2) is 35.4 Å². The quantitative estimate of drug-likeness (QED) is 0.727. The molecule has 1 aromatic carbocycles. The Morgan fingerprint density at radius 3 is 2.93 bits per heavy atom. The topological polar surface area (TPSA) is 93.5 Å². The molecule has 28 heavy (non-hydrogen) atoms. The molecule has 3 heterocycles. The minimum absolute atomic E-state index is 0.164. The summed E-state index contributed by atoms with van der Waals surface area (Å²) in [6.07, 6.45) is 1.09. The number of anilines is 1. The van der Waals surface area contributed by atoms with Crippen LogP contribution in [-0.4, -0.2) is 34.7 Å². The average Bonchev–Trinajstić information content (AvgIpc) is 3.27. The summed E-state index contributed by atoms with van der Waals surface area (Å²) >= 11 is 1.21. The number of benzene rings is 1. The molecule has 9 heteroatoms. The number of aryl methyl sites for hydroxylation is 2. The van der Waals surface area contributed by atoms with Gasteiger partial charge in [-0.2, -0.15) is 0 Å². The Hall–Kier alpha value is -3.20. The van der Waals surface area contributed by atoms with Crippen LogP contribution in [0, 0.1) is 6.92 Å². The molecule has 8 nitrogen and oxygen atoms in total. The zero-order chi connectivity index (χ0) is 19.8. The summed E-state index contributed by atoms with van der Waals surface area (Å²) < 4.78 is 6.36. The fourth-order valence-electron chi connectivity index (χ4n) is 3.15. The number of carbonyl (C=O) groups excluding carboxylic acids is 2. The summed E-state index contributed by atoms with van der Waals surface area (Å²) in [6.45, 7) is 2.95. The highest BCUT2D eigenvalue weighted by Gasteiger charge is 2.23. The second-order valence-electron chi connectivity index (χ2n) is 6.52. The first kappa shape index (κ1) is 18.2. The lowest BCUT2D eigenvalue weighted by atomic mass is 10.1. The van der Waals surface area contributed by atoms with Gasteiger partial charge in [-0.05, 0) is 30.2 Å². The number of aromatic nitrogens is 2. The van der Waals surface area contributed by atoms with Crippen molar-refractivity contribution in [1.29, 1.82) is 0 Å². The summed E-state index contributed by atoms with van der Waals surface area (Å²) in [5.74, 6) is -0.256. The molecule has 0 atom stereocenters. The molecule has 4 rings (SSSR count). The Balaban J connectivity index is 1.53. The van der Waals surface area contributed by atoms with Crippen LogP contribution in [0.1, 0.15) is 20.8 Å². The molecule has 0 unspecified atom stereocenters. The van der Waals surface area contributed by atoms with Crippen molar-refractivity contribution in [2.75, 3.05) is 18.1 Å². The maximum atomic E-state index is 12.7. The number of hydrogen-bond acceptors (Lipinski definition) is 6. The van der Waals surface area contributed by atoms with Crippen LogP contribution in [0.25, 0.3) is 10.2 Å². The van der Waals surface area contributed by atoms with Gasteiger partial charge < -0.3 is 14.6 Å². The Morgan fingerprint density at radius 1 is 1.36 bits per heavy atom. The number of rotatable bonds is 4. The van der Waals surface area contributed by atoms with Gasteiger partial charge in [0.1, 0.15) is 11.4 Å². The molecule has 1 aliphatic rings. The molecule has 1 aliphatic heterocycles. The fraction of sp³-hybridized carbons (Fsp3) is 0.263. The number of fused-ring (bicyclic) bond motifs is 1. The van der Waals surface area contributed by atoms with E-state index in [4.69, 9.17) is 4.74 Å². The molecule has 1 saturated heterocycles. The molecule has 0 saturated carbocycles. The standard InChI is InChI=1S/C19H18N4O4S/c1-11-14-17(21-10-22(2)18(14)25)28-15(11)16(24)20-9-12-4-3-5-13(8-12)23-6-7-27-19(23)26/h3-5,8,10H,6-7,9H2,1-2H3,(H,20,24). The molecule has 3 aromatic rings. The molecular weight excluding hydrogens is 380 g/mol. The minimum atomic E-state index is -0.365. The Bertz CT molecular complexity index is 1150. The highest BCUT2D eigenvalue weighted by Crippen LogP contribution is 2.27. The van der Waals surface area contributed by atoms with Crippen molar-refractivity contribution in [2.45, 2.75) is 13.5 Å². The highest BCUT2D eigenvalue weighted by atomic mass is 32.1. The lowest BCUT2D eigenvalue weighted by molar-refractivity contribution is 0.0954. The van der Waals surface area contributed by atoms with Crippen LogP contribution in [0.2, 0.25) is 0 Å². The Kier molecular flexibility index (Phi) is 4.60. The third-order valence-electron chi connectivity index (χ3n) is 4.65. The largest absolute Gasteiger partial charge is 0.447 e. The lowest BCUT2D eigenvalue weighted by Gasteiger charge is -2.14. The second kappa shape index (κ2) is 7.08. The van der Waals surface area contributed by atoms with E-state index in [9.17, 15) is 14.4 Å². The van der Waals surface area contributed by atoms with Gasteiger partial charge in [0.2, 0.25) is 0 Å². The lowest BCUT2D eigenvalue weighted by Crippen LogP contribution is -2.25.